The van der Waals surface area contributed by atoms with Crippen LogP contribution in [0, 0.1) is 0 Å². The van der Waals surface area contributed by atoms with Gasteiger partial charge in [-0.05, 0) is 31.9 Å². The van der Waals surface area contributed by atoms with Gasteiger partial charge >= 0.3 is 6.18 Å². The van der Waals surface area contributed by atoms with Crippen LogP contribution in [0.3, 0.4) is 0 Å². The maximum absolute atomic E-state index is 13.0. The molecule has 170 valence electrons. The van der Waals surface area contributed by atoms with Gasteiger partial charge in [0.15, 0.2) is 5.96 Å². The molecule has 2 atom stereocenters. The Morgan fingerprint density at radius 1 is 1.30 bits per heavy atom. The van der Waals surface area contributed by atoms with Crippen LogP contribution in [-0.4, -0.2) is 74.0 Å². The molecular formula is C19H29F3IN5O2. The summed E-state index contributed by atoms with van der Waals surface area (Å²) in [6.45, 7) is 6.01. The van der Waals surface area contributed by atoms with E-state index in [-0.39, 0.29) is 48.5 Å². The quantitative estimate of drug-likeness (QED) is 0.249. The number of guanidine groups is 1. The highest BCUT2D eigenvalue weighted by Gasteiger charge is 2.34. The molecule has 1 aromatic rings. The largest absolute Gasteiger partial charge is 0.419 e. The third-order valence-electron chi connectivity index (χ3n) is 4.89. The van der Waals surface area contributed by atoms with Gasteiger partial charge in [0.25, 0.3) is 0 Å². The molecule has 7 nitrogen and oxygen atoms in total. The zero-order valence-electron chi connectivity index (χ0n) is 17.0. The number of aliphatic imine (C=N–C) groups is 1. The number of hydrogen-bond acceptors (Lipinski definition) is 5. The van der Waals surface area contributed by atoms with Crippen molar-refractivity contribution < 1.29 is 22.6 Å². The second-order valence-electron chi connectivity index (χ2n) is 6.97. The van der Waals surface area contributed by atoms with Gasteiger partial charge in [0.1, 0.15) is 11.9 Å². The molecule has 0 amide bonds. The molecule has 2 N–H and O–H groups in total. The summed E-state index contributed by atoms with van der Waals surface area (Å²) in [5, 5.41) is 6.00. The monoisotopic (exact) mass is 543 g/mol. The molecule has 2 aliphatic rings. The average Bonchev–Trinajstić information content (AvgIpc) is 3.25. The molecule has 0 aromatic carbocycles. The molecule has 2 unspecified atom stereocenters. The summed E-state index contributed by atoms with van der Waals surface area (Å²) < 4.78 is 50.8. The molecule has 0 spiro atoms. The second-order valence-corrected chi connectivity index (χ2v) is 6.97. The fourth-order valence-corrected chi connectivity index (χ4v) is 3.53. The Morgan fingerprint density at radius 3 is 2.80 bits per heavy atom. The van der Waals surface area contributed by atoms with E-state index >= 15 is 0 Å². The zero-order chi connectivity index (χ0) is 20.7. The van der Waals surface area contributed by atoms with E-state index in [4.69, 9.17) is 9.47 Å². The molecule has 2 fully saturated rings. The topological polar surface area (TPSA) is 71.0 Å². The smallest absolute Gasteiger partial charge is 0.375 e. The highest BCUT2D eigenvalue weighted by atomic mass is 127. The van der Waals surface area contributed by atoms with Crippen molar-refractivity contribution in [3.05, 3.63) is 23.9 Å². The number of ether oxygens (including phenoxy) is 2. The van der Waals surface area contributed by atoms with Crippen molar-refractivity contribution in [2.75, 3.05) is 51.3 Å². The molecule has 1 aromatic heterocycles. The SMILES string of the molecule is CCNC(=NCCNc1ncccc1C(F)(F)F)N1CCOC(C2CCCO2)C1.I. The van der Waals surface area contributed by atoms with Crippen molar-refractivity contribution in [2.24, 2.45) is 4.99 Å². The number of nitrogens with zero attached hydrogens (tertiary/aromatic N) is 3. The minimum Gasteiger partial charge on any atom is -0.375 e. The summed E-state index contributed by atoms with van der Waals surface area (Å²) in [4.78, 5) is 10.5. The Bertz CT molecular complexity index is 686. The van der Waals surface area contributed by atoms with Gasteiger partial charge in [-0.15, -0.1) is 24.0 Å². The number of anilines is 1. The number of pyridine rings is 1. The molecule has 0 aliphatic carbocycles. The van der Waals surface area contributed by atoms with Crippen LogP contribution in [0.15, 0.2) is 23.3 Å². The van der Waals surface area contributed by atoms with Crippen LogP contribution in [0.4, 0.5) is 19.0 Å². The fourth-order valence-electron chi connectivity index (χ4n) is 3.53. The molecule has 0 saturated carbocycles. The summed E-state index contributed by atoms with van der Waals surface area (Å²) in [5.41, 5.74) is -0.775. The van der Waals surface area contributed by atoms with Gasteiger partial charge in [-0.25, -0.2) is 4.98 Å². The van der Waals surface area contributed by atoms with E-state index < -0.39 is 11.7 Å². The first-order chi connectivity index (χ1) is 14.0. The van der Waals surface area contributed by atoms with Crippen LogP contribution in [0.1, 0.15) is 25.3 Å². The first kappa shape index (κ1) is 24.9. The number of rotatable bonds is 6. The fraction of sp³-hybridized carbons (Fsp3) is 0.684. The second kappa shape index (κ2) is 11.9. The summed E-state index contributed by atoms with van der Waals surface area (Å²) in [6, 6.07) is 2.29. The van der Waals surface area contributed by atoms with Crippen molar-refractivity contribution >= 4 is 35.8 Å². The van der Waals surface area contributed by atoms with Crippen LogP contribution in [-0.2, 0) is 15.7 Å². The lowest BCUT2D eigenvalue weighted by molar-refractivity contribution is -0.137. The molecule has 3 rings (SSSR count). The van der Waals surface area contributed by atoms with Crippen LogP contribution in [0.2, 0.25) is 0 Å². The van der Waals surface area contributed by atoms with Crippen molar-refractivity contribution in [1.29, 1.82) is 0 Å². The summed E-state index contributed by atoms with van der Waals surface area (Å²) in [5.74, 6) is 0.558. The van der Waals surface area contributed by atoms with E-state index in [1.807, 2.05) is 6.92 Å². The van der Waals surface area contributed by atoms with E-state index in [2.05, 4.69) is 25.5 Å². The van der Waals surface area contributed by atoms with E-state index in [1.54, 1.807) is 0 Å². The Labute approximate surface area is 191 Å². The summed E-state index contributed by atoms with van der Waals surface area (Å²) in [6.07, 6.45) is -0.924. The van der Waals surface area contributed by atoms with Gasteiger partial charge in [0, 0.05) is 39.0 Å². The van der Waals surface area contributed by atoms with E-state index in [0.29, 0.717) is 32.8 Å². The van der Waals surface area contributed by atoms with Crippen molar-refractivity contribution in [3.63, 3.8) is 0 Å². The Morgan fingerprint density at radius 2 is 2.10 bits per heavy atom. The predicted molar refractivity (Wildman–Crippen MR) is 119 cm³/mol. The standard InChI is InChI=1S/C19H28F3N5O2.HI/c1-2-23-18(27-10-12-29-16(13-27)15-6-4-11-28-15)26-9-8-25-17-14(19(20,21)22)5-3-7-24-17;/h3,5,7,15-16H,2,4,6,8-13H2,1H3,(H,23,26)(H,24,25);1H. The molecule has 30 heavy (non-hydrogen) atoms. The lowest BCUT2D eigenvalue weighted by atomic mass is 10.1. The van der Waals surface area contributed by atoms with E-state index in [0.717, 1.165) is 31.5 Å². The Kier molecular flexibility index (Phi) is 9.88. The van der Waals surface area contributed by atoms with E-state index in [9.17, 15) is 13.2 Å². The number of hydrogen-bond donors (Lipinski definition) is 2. The van der Waals surface area contributed by atoms with Crippen molar-refractivity contribution in [1.82, 2.24) is 15.2 Å². The first-order valence-electron chi connectivity index (χ1n) is 10.0. The number of halogens is 4. The molecular weight excluding hydrogens is 514 g/mol. The van der Waals surface area contributed by atoms with E-state index in [1.165, 1.54) is 12.3 Å². The third-order valence-corrected chi connectivity index (χ3v) is 4.89. The van der Waals surface area contributed by atoms with Crippen LogP contribution >= 0.6 is 24.0 Å². The minimum absolute atomic E-state index is 0. The molecule has 0 radical (unpaired) electrons. The highest BCUT2D eigenvalue weighted by molar-refractivity contribution is 14.0. The minimum atomic E-state index is -4.44. The van der Waals surface area contributed by atoms with Gasteiger partial charge in [-0.3, -0.25) is 4.99 Å². The highest BCUT2D eigenvalue weighted by Crippen LogP contribution is 2.33. The van der Waals surface area contributed by atoms with Crippen LogP contribution in [0.25, 0.3) is 0 Å². The lowest BCUT2D eigenvalue weighted by Gasteiger charge is -2.37. The number of morpholine rings is 1. The Balaban J connectivity index is 0.00000320. The third kappa shape index (κ3) is 6.84. The van der Waals surface area contributed by atoms with Gasteiger partial charge in [0.2, 0.25) is 0 Å². The van der Waals surface area contributed by atoms with Gasteiger partial charge in [-0.1, -0.05) is 0 Å². The first-order valence-corrected chi connectivity index (χ1v) is 10.0. The lowest BCUT2D eigenvalue weighted by Crippen LogP contribution is -2.53. The molecule has 3 heterocycles. The maximum Gasteiger partial charge on any atom is 0.419 e. The molecule has 11 heteroatoms. The van der Waals surface area contributed by atoms with Crippen molar-refractivity contribution in [3.8, 4) is 0 Å². The molecule has 2 saturated heterocycles. The number of aromatic nitrogens is 1. The molecule has 0 bridgehead atoms. The van der Waals surface area contributed by atoms with Gasteiger partial charge in [-0.2, -0.15) is 13.2 Å². The van der Waals surface area contributed by atoms with Gasteiger partial charge < -0.3 is 25.0 Å². The van der Waals surface area contributed by atoms with Crippen LogP contribution in [0.5, 0.6) is 0 Å². The van der Waals surface area contributed by atoms with Gasteiger partial charge in [0.05, 0.1) is 24.8 Å². The summed E-state index contributed by atoms with van der Waals surface area (Å²) >= 11 is 0. The average molecular weight is 543 g/mol. The Hall–Kier alpha value is -1.34. The number of alkyl halides is 3. The number of nitrogens with one attached hydrogen (secondary N) is 2. The molecule has 2 aliphatic heterocycles. The zero-order valence-corrected chi connectivity index (χ0v) is 19.3. The summed E-state index contributed by atoms with van der Waals surface area (Å²) in [7, 11) is 0. The van der Waals surface area contributed by atoms with Crippen LogP contribution < -0.4 is 10.6 Å². The van der Waals surface area contributed by atoms with Crippen molar-refractivity contribution in [2.45, 2.75) is 38.1 Å². The normalized spacial score (nSPS) is 22.5. The maximum atomic E-state index is 13.0. The predicted octanol–water partition coefficient (Wildman–Crippen LogP) is 2.98.